The standard InChI is InChI=1S/C18H24ClN3O4.ClH/c1-25-15-7-13(6-14(19)17(15)26-10-16(20)23)18(24)22-4-2-11-8-21-9-12(11)3-5-22;/h6-7,11-12,21H,2-5,8-10H2,1H3,(H2,20,23);1H/t11-,12+;. The quantitative estimate of drug-likeness (QED) is 0.760. The molecule has 1 aromatic carbocycles. The number of primary amides is 1. The van der Waals surface area contributed by atoms with E-state index in [1.165, 1.54) is 7.11 Å². The number of benzene rings is 1. The van der Waals surface area contributed by atoms with Crippen LogP contribution in [0.25, 0.3) is 0 Å². The molecule has 2 atom stereocenters. The van der Waals surface area contributed by atoms with Crippen LogP contribution in [0.15, 0.2) is 12.1 Å². The Morgan fingerprint density at radius 1 is 1.26 bits per heavy atom. The van der Waals surface area contributed by atoms with Crippen molar-refractivity contribution < 1.29 is 19.1 Å². The van der Waals surface area contributed by atoms with Gasteiger partial charge in [-0.2, -0.15) is 0 Å². The monoisotopic (exact) mass is 417 g/mol. The van der Waals surface area contributed by atoms with Crippen LogP contribution < -0.4 is 20.5 Å². The molecule has 2 saturated heterocycles. The average molecular weight is 418 g/mol. The topological polar surface area (TPSA) is 93.9 Å². The maximum Gasteiger partial charge on any atom is 0.255 e. The fourth-order valence-corrected chi connectivity index (χ4v) is 4.00. The van der Waals surface area contributed by atoms with E-state index in [2.05, 4.69) is 5.32 Å². The van der Waals surface area contributed by atoms with Crippen LogP contribution in [-0.2, 0) is 4.79 Å². The van der Waals surface area contributed by atoms with E-state index in [9.17, 15) is 9.59 Å². The largest absolute Gasteiger partial charge is 0.493 e. The summed E-state index contributed by atoms with van der Waals surface area (Å²) in [6, 6.07) is 3.15. The number of nitrogens with zero attached hydrogens (tertiary/aromatic N) is 1. The van der Waals surface area contributed by atoms with Gasteiger partial charge in [-0.15, -0.1) is 12.4 Å². The Labute approximate surface area is 169 Å². The van der Waals surface area contributed by atoms with Gasteiger partial charge in [-0.3, -0.25) is 9.59 Å². The minimum Gasteiger partial charge on any atom is -0.493 e. The maximum atomic E-state index is 13.0. The normalized spacial score (nSPS) is 21.6. The van der Waals surface area contributed by atoms with E-state index in [-0.39, 0.29) is 35.7 Å². The molecule has 2 amide bonds. The number of nitrogens with one attached hydrogen (secondary N) is 1. The van der Waals surface area contributed by atoms with Crippen LogP contribution in [0.5, 0.6) is 11.5 Å². The molecule has 1 aromatic rings. The van der Waals surface area contributed by atoms with Gasteiger partial charge in [0.05, 0.1) is 12.1 Å². The van der Waals surface area contributed by atoms with Gasteiger partial charge in [-0.25, -0.2) is 0 Å². The summed E-state index contributed by atoms with van der Waals surface area (Å²) in [5.41, 5.74) is 5.55. The lowest BCUT2D eigenvalue weighted by Gasteiger charge is -2.22. The zero-order valence-corrected chi connectivity index (χ0v) is 16.8. The van der Waals surface area contributed by atoms with Gasteiger partial charge < -0.3 is 25.4 Å². The van der Waals surface area contributed by atoms with Crippen molar-refractivity contribution in [2.75, 3.05) is 39.9 Å². The van der Waals surface area contributed by atoms with Gasteiger partial charge in [-0.1, -0.05) is 11.6 Å². The van der Waals surface area contributed by atoms with Crippen molar-refractivity contribution in [3.8, 4) is 11.5 Å². The summed E-state index contributed by atoms with van der Waals surface area (Å²) in [5.74, 6) is 1.12. The average Bonchev–Trinajstić information content (AvgIpc) is 2.97. The molecule has 27 heavy (non-hydrogen) atoms. The van der Waals surface area contributed by atoms with E-state index in [0.717, 1.165) is 39.0 Å². The molecule has 0 aromatic heterocycles. The van der Waals surface area contributed by atoms with Crippen LogP contribution >= 0.6 is 24.0 Å². The second kappa shape index (κ2) is 9.48. The third-order valence-corrected chi connectivity index (χ3v) is 5.42. The Kier molecular flexibility index (Phi) is 7.59. The number of nitrogens with two attached hydrogens (primary N) is 1. The van der Waals surface area contributed by atoms with Crippen LogP contribution in [0.2, 0.25) is 5.02 Å². The predicted octanol–water partition coefficient (Wildman–Crippen LogP) is 1.71. The fourth-order valence-electron chi connectivity index (χ4n) is 3.73. The van der Waals surface area contributed by atoms with E-state index in [1.54, 1.807) is 12.1 Å². The van der Waals surface area contributed by atoms with Crippen LogP contribution in [-0.4, -0.2) is 56.6 Å². The molecular formula is C18H25Cl2N3O4. The Morgan fingerprint density at radius 2 is 1.89 bits per heavy atom. The molecule has 0 spiro atoms. The number of fused-ring (bicyclic) bond motifs is 1. The number of hydrogen-bond acceptors (Lipinski definition) is 5. The van der Waals surface area contributed by atoms with Crippen LogP contribution in [0, 0.1) is 11.8 Å². The van der Waals surface area contributed by atoms with E-state index < -0.39 is 5.91 Å². The third kappa shape index (κ3) is 4.97. The first-order valence-corrected chi connectivity index (χ1v) is 9.16. The van der Waals surface area contributed by atoms with Crippen molar-refractivity contribution in [2.24, 2.45) is 17.6 Å². The third-order valence-electron chi connectivity index (χ3n) is 5.14. The van der Waals surface area contributed by atoms with Gasteiger partial charge in [0.2, 0.25) is 0 Å². The molecule has 0 bridgehead atoms. The molecule has 2 fully saturated rings. The zero-order chi connectivity index (χ0) is 18.7. The molecule has 0 aliphatic carbocycles. The molecule has 3 N–H and O–H groups in total. The second-order valence-electron chi connectivity index (χ2n) is 6.79. The molecule has 0 radical (unpaired) electrons. The van der Waals surface area contributed by atoms with Crippen molar-refractivity contribution in [3.63, 3.8) is 0 Å². The van der Waals surface area contributed by atoms with Gasteiger partial charge in [-0.05, 0) is 49.9 Å². The minimum atomic E-state index is -0.618. The number of likely N-dealkylation sites (tertiary alicyclic amines) is 1. The summed E-state index contributed by atoms with van der Waals surface area (Å²) in [5, 5.41) is 3.65. The number of carbonyl (C=O) groups is 2. The first kappa shape index (κ1) is 21.6. The number of halogens is 2. The van der Waals surface area contributed by atoms with Crippen molar-refractivity contribution in [1.29, 1.82) is 0 Å². The summed E-state index contributed by atoms with van der Waals surface area (Å²) in [6.07, 6.45) is 2.02. The summed E-state index contributed by atoms with van der Waals surface area (Å²) in [7, 11) is 1.46. The Bertz CT molecular complexity index is 687. The Hall–Kier alpha value is -1.70. The minimum absolute atomic E-state index is 0. The molecule has 2 aliphatic heterocycles. The summed E-state index contributed by atoms with van der Waals surface area (Å²) >= 11 is 6.25. The molecule has 3 rings (SSSR count). The molecule has 2 heterocycles. The van der Waals surface area contributed by atoms with Crippen LogP contribution in [0.1, 0.15) is 23.2 Å². The van der Waals surface area contributed by atoms with Gasteiger partial charge >= 0.3 is 0 Å². The van der Waals surface area contributed by atoms with Gasteiger partial charge in [0.25, 0.3) is 11.8 Å². The molecule has 7 nitrogen and oxygen atoms in total. The summed E-state index contributed by atoms with van der Waals surface area (Å²) in [6.45, 7) is 3.24. The SMILES string of the molecule is COc1cc(C(=O)N2CC[C@@H]3CNC[C@@H]3CC2)cc(Cl)c1OCC(N)=O.Cl. The van der Waals surface area contributed by atoms with Gasteiger partial charge in [0, 0.05) is 18.7 Å². The van der Waals surface area contributed by atoms with Crippen molar-refractivity contribution in [2.45, 2.75) is 12.8 Å². The van der Waals surface area contributed by atoms with Gasteiger partial charge in [0.1, 0.15) is 0 Å². The molecule has 150 valence electrons. The van der Waals surface area contributed by atoms with E-state index in [0.29, 0.717) is 23.1 Å². The zero-order valence-electron chi connectivity index (χ0n) is 15.2. The maximum absolute atomic E-state index is 13.0. The highest BCUT2D eigenvalue weighted by Crippen LogP contribution is 2.37. The lowest BCUT2D eigenvalue weighted by atomic mass is 9.92. The number of methoxy groups -OCH3 is 1. The lowest BCUT2D eigenvalue weighted by Crippen LogP contribution is -2.32. The lowest BCUT2D eigenvalue weighted by molar-refractivity contribution is -0.119. The van der Waals surface area contributed by atoms with Crippen molar-refractivity contribution >= 4 is 35.8 Å². The summed E-state index contributed by atoms with van der Waals surface area (Å²) in [4.78, 5) is 25.8. The number of rotatable bonds is 5. The Morgan fingerprint density at radius 3 is 2.44 bits per heavy atom. The highest BCUT2D eigenvalue weighted by Gasteiger charge is 2.32. The number of amides is 2. The number of hydrogen-bond donors (Lipinski definition) is 2. The molecule has 0 saturated carbocycles. The number of ether oxygens (including phenoxy) is 2. The van der Waals surface area contributed by atoms with E-state index in [4.69, 9.17) is 26.8 Å². The van der Waals surface area contributed by atoms with Gasteiger partial charge in [0.15, 0.2) is 18.1 Å². The number of carbonyl (C=O) groups excluding carboxylic acids is 2. The Balaban J connectivity index is 0.00000261. The molecular weight excluding hydrogens is 393 g/mol. The predicted molar refractivity (Wildman–Crippen MR) is 105 cm³/mol. The van der Waals surface area contributed by atoms with Crippen LogP contribution in [0.4, 0.5) is 0 Å². The smallest absolute Gasteiger partial charge is 0.255 e. The van der Waals surface area contributed by atoms with E-state index in [1.807, 2.05) is 4.90 Å². The highest BCUT2D eigenvalue weighted by atomic mass is 35.5. The highest BCUT2D eigenvalue weighted by molar-refractivity contribution is 6.32. The molecule has 0 unspecified atom stereocenters. The van der Waals surface area contributed by atoms with Crippen molar-refractivity contribution in [1.82, 2.24) is 10.2 Å². The fraction of sp³-hybridized carbons (Fsp3) is 0.556. The van der Waals surface area contributed by atoms with Crippen LogP contribution in [0.3, 0.4) is 0 Å². The summed E-state index contributed by atoms with van der Waals surface area (Å²) < 4.78 is 10.6. The van der Waals surface area contributed by atoms with E-state index >= 15 is 0 Å². The second-order valence-corrected chi connectivity index (χ2v) is 7.20. The molecule has 2 aliphatic rings. The van der Waals surface area contributed by atoms with Crippen molar-refractivity contribution in [3.05, 3.63) is 22.7 Å². The first-order valence-electron chi connectivity index (χ1n) is 8.78. The first-order chi connectivity index (χ1) is 12.5. The molecule has 9 heteroatoms.